The maximum absolute atomic E-state index is 12.3. The quantitative estimate of drug-likeness (QED) is 0.893. The van der Waals surface area contributed by atoms with E-state index in [1.165, 1.54) is 6.07 Å². The Bertz CT molecular complexity index is 747. The summed E-state index contributed by atoms with van der Waals surface area (Å²) in [7, 11) is 0. The molecule has 0 aliphatic heterocycles. The third-order valence-corrected chi connectivity index (χ3v) is 3.74. The zero-order chi connectivity index (χ0) is 17.2. The minimum atomic E-state index is -0.647. The molecule has 2 aromatic rings. The van der Waals surface area contributed by atoms with Crippen molar-refractivity contribution in [2.45, 2.75) is 26.2 Å². The Labute approximate surface area is 140 Å². The van der Waals surface area contributed by atoms with Crippen LogP contribution < -0.4 is 11.1 Å². The van der Waals surface area contributed by atoms with E-state index >= 15 is 0 Å². The van der Waals surface area contributed by atoms with Gasteiger partial charge in [0.05, 0.1) is 11.3 Å². The standard InChI is InChI=1S/C18H19ClN2O2/c1-18(2,3)12-6-4-11(5-7-12)17(23)21-15-9-8-13(19)10-14(15)16(20)22/h4-10H,1-3H3,(H2,20,22)(H,21,23). The van der Waals surface area contributed by atoms with E-state index in [0.29, 0.717) is 16.3 Å². The fraction of sp³-hybridized carbons (Fsp3) is 0.222. The maximum Gasteiger partial charge on any atom is 0.255 e. The van der Waals surface area contributed by atoms with Crippen LogP contribution in [0.15, 0.2) is 42.5 Å². The van der Waals surface area contributed by atoms with Crippen LogP contribution in [0.2, 0.25) is 5.02 Å². The maximum atomic E-state index is 12.3. The van der Waals surface area contributed by atoms with Gasteiger partial charge in [0.25, 0.3) is 11.8 Å². The summed E-state index contributed by atoms with van der Waals surface area (Å²) in [5.41, 5.74) is 7.49. The van der Waals surface area contributed by atoms with Crippen LogP contribution in [0.1, 0.15) is 47.1 Å². The summed E-state index contributed by atoms with van der Waals surface area (Å²) < 4.78 is 0. The Kier molecular flexibility index (Phi) is 4.76. The normalized spacial score (nSPS) is 11.1. The first kappa shape index (κ1) is 17.0. The monoisotopic (exact) mass is 330 g/mol. The first-order valence-corrected chi connectivity index (χ1v) is 7.57. The van der Waals surface area contributed by atoms with Crippen LogP contribution in [0.3, 0.4) is 0 Å². The fourth-order valence-corrected chi connectivity index (χ4v) is 2.32. The summed E-state index contributed by atoms with van der Waals surface area (Å²) >= 11 is 5.85. The van der Waals surface area contributed by atoms with Gasteiger partial charge in [0.1, 0.15) is 0 Å². The second kappa shape index (κ2) is 6.42. The molecule has 4 nitrogen and oxygen atoms in total. The van der Waals surface area contributed by atoms with Crippen molar-refractivity contribution in [2.24, 2.45) is 5.73 Å². The second-order valence-corrected chi connectivity index (χ2v) is 6.77. The van der Waals surface area contributed by atoms with Crippen molar-refractivity contribution in [3.8, 4) is 0 Å². The molecule has 120 valence electrons. The molecule has 2 rings (SSSR count). The van der Waals surface area contributed by atoms with Crippen LogP contribution in [0, 0.1) is 0 Å². The van der Waals surface area contributed by atoms with E-state index in [1.807, 2.05) is 12.1 Å². The second-order valence-electron chi connectivity index (χ2n) is 6.34. The van der Waals surface area contributed by atoms with Crippen molar-refractivity contribution in [2.75, 3.05) is 5.32 Å². The molecule has 0 aliphatic carbocycles. The van der Waals surface area contributed by atoms with E-state index in [9.17, 15) is 9.59 Å². The van der Waals surface area contributed by atoms with Gasteiger partial charge < -0.3 is 11.1 Å². The number of primary amides is 1. The Morgan fingerprint density at radius 1 is 1.04 bits per heavy atom. The number of amides is 2. The van der Waals surface area contributed by atoms with Gasteiger partial charge in [0.2, 0.25) is 0 Å². The average Bonchev–Trinajstić information content (AvgIpc) is 2.48. The lowest BCUT2D eigenvalue weighted by Gasteiger charge is -2.19. The highest BCUT2D eigenvalue weighted by Crippen LogP contribution is 2.24. The van der Waals surface area contributed by atoms with Crippen LogP contribution >= 0.6 is 11.6 Å². The number of nitrogens with one attached hydrogen (secondary N) is 1. The SMILES string of the molecule is CC(C)(C)c1ccc(C(=O)Nc2ccc(Cl)cc2C(N)=O)cc1. The molecular formula is C18H19ClN2O2. The van der Waals surface area contributed by atoms with Gasteiger partial charge in [0.15, 0.2) is 0 Å². The predicted octanol–water partition coefficient (Wildman–Crippen LogP) is 3.99. The Hall–Kier alpha value is -2.33. The number of carbonyl (C=O) groups excluding carboxylic acids is 2. The Morgan fingerprint density at radius 2 is 1.65 bits per heavy atom. The molecule has 0 saturated carbocycles. The lowest BCUT2D eigenvalue weighted by Crippen LogP contribution is -2.18. The van der Waals surface area contributed by atoms with Crippen LogP contribution in [0.4, 0.5) is 5.69 Å². The molecule has 0 aromatic heterocycles. The molecule has 0 heterocycles. The first-order chi connectivity index (χ1) is 10.7. The van der Waals surface area contributed by atoms with Crippen molar-refractivity contribution in [3.05, 3.63) is 64.2 Å². The van der Waals surface area contributed by atoms with Crippen molar-refractivity contribution in [1.82, 2.24) is 0 Å². The highest BCUT2D eigenvalue weighted by atomic mass is 35.5. The molecule has 0 spiro atoms. The molecule has 2 amide bonds. The number of anilines is 1. The number of benzene rings is 2. The third kappa shape index (κ3) is 4.11. The van der Waals surface area contributed by atoms with Crippen LogP contribution in [-0.4, -0.2) is 11.8 Å². The van der Waals surface area contributed by atoms with Crippen LogP contribution in [-0.2, 0) is 5.41 Å². The Balaban J connectivity index is 2.24. The number of halogens is 1. The molecule has 2 aromatic carbocycles. The van der Waals surface area contributed by atoms with Gasteiger partial charge in [-0.25, -0.2) is 0 Å². The fourth-order valence-electron chi connectivity index (χ4n) is 2.15. The summed E-state index contributed by atoms with van der Waals surface area (Å²) in [6, 6.07) is 11.9. The molecule has 0 aliphatic rings. The topological polar surface area (TPSA) is 72.2 Å². The van der Waals surface area contributed by atoms with Crippen molar-refractivity contribution >= 4 is 29.1 Å². The number of hydrogen-bond donors (Lipinski definition) is 2. The molecule has 0 fully saturated rings. The molecular weight excluding hydrogens is 312 g/mol. The lowest BCUT2D eigenvalue weighted by molar-refractivity contribution is 0.100. The smallest absolute Gasteiger partial charge is 0.255 e. The van der Waals surface area contributed by atoms with Gasteiger partial charge in [-0.2, -0.15) is 0 Å². The number of carbonyl (C=O) groups is 2. The van der Waals surface area contributed by atoms with Crippen molar-refractivity contribution in [1.29, 1.82) is 0 Å². The molecule has 23 heavy (non-hydrogen) atoms. The zero-order valence-corrected chi connectivity index (χ0v) is 14.1. The van der Waals surface area contributed by atoms with Gasteiger partial charge in [0, 0.05) is 10.6 Å². The number of nitrogens with two attached hydrogens (primary N) is 1. The summed E-state index contributed by atoms with van der Waals surface area (Å²) in [4.78, 5) is 23.8. The molecule has 3 N–H and O–H groups in total. The average molecular weight is 331 g/mol. The van der Waals surface area contributed by atoms with Gasteiger partial charge in [-0.3, -0.25) is 9.59 Å². The first-order valence-electron chi connectivity index (χ1n) is 7.20. The largest absolute Gasteiger partial charge is 0.366 e. The minimum absolute atomic E-state index is 0.0182. The molecule has 0 radical (unpaired) electrons. The number of hydrogen-bond acceptors (Lipinski definition) is 2. The van der Waals surface area contributed by atoms with Gasteiger partial charge in [-0.15, -0.1) is 0 Å². The van der Waals surface area contributed by atoms with Crippen molar-refractivity contribution in [3.63, 3.8) is 0 Å². The molecule has 0 bridgehead atoms. The van der Waals surface area contributed by atoms with Crippen LogP contribution in [0.5, 0.6) is 0 Å². The van der Waals surface area contributed by atoms with Gasteiger partial charge in [-0.05, 0) is 41.3 Å². The Morgan fingerprint density at radius 3 is 2.17 bits per heavy atom. The van der Waals surface area contributed by atoms with E-state index in [1.54, 1.807) is 24.3 Å². The van der Waals surface area contributed by atoms with E-state index in [4.69, 9.17) is 17.3 Å². The summed E-state index contributed by atoms with van der Waals surface area (Å²) in [5, 5.41) is 3.08. The summed E-state index contributed by atoms with van der Waals surface area (Å²) in [6.07, 6.45) is 0. The molecule has 0 atom stereocenters. The highest BCUT2D eigenvalue weighted by Gasteiger charge is 2.16. The lowest BCUT2D eigenvalue weighted by atomic mass is 9.86. The predicted molar refractivity (Wildman–Crippen MR) is 93.1 cm³/mol. The zero-order valence-electron chi connectivity index (χ0n) is 13.3. The van der Waals surface area contributed by atoms with Gasteiger partial charge >= 0.3 is 0 Å². The summed E-state index contributed by atoms with van der Waals surface area (Å²) in [5.74, 6) is -0.957. The van der Waals surface area contributed by atoms with E-state index < -0.39 is 5.91 Å². The van der Waals surface area contributed by atoms with Gasteiger partial charge in [-0.1, -0.05) is 44.5 Å². The highest BCUT2D eigenvalue weighted by molar-refractivity contribution is 6.31. The number of rotatable bonds is 3. The van der Waals surface area contributed by atoms with Crippen molar-refractivity contribution < 1.29 is 9.59 Å². The molecule has 0 unspecified atom stereocenters. The van der Waals surface area contributed by atoms with E-state index in [-0.39, 0.29) is 16.9 Å². The summed E-state index contributed by atoms with van der Waals surface area (Å²) in [6.45, 7) is 6.32. The third-order valence-electron chi connectivity index (χ3n) is 3.51. The minimum Gasteiger partial charge on any atom is -0.366 e. The molecule has 5 heteroatoms. The van der Waals surface area contributed by atoms with Crippen LogP contribution in [0.25, 0.3) is 0 Å². The van der Waals surface area contributed by atoms with E-state index in [2.05, 4.69) is 26.1 Å². The molecule has 0 saturated heterocycles. The van der Waals surface area contributed by atoms with E-state index in [0.717, 1.165) is 5.56 Å².